The number of rotatable bonds is 7. The summed E-state index contributed by atoms with van der Waals surface area (Å²) in [6.45, 7) is 10.7. The predicted molar refractivity (Wildman–Crippen MR) is 238 cm³/mol. The highest BCUT2D eigenvalue weighted by atomic mass is 32.1. The number of benzene rings is 1. The smallest absolute Gasteiger partial charge is 0.324 e. The molecule has 2 N–H and O–H groups in total. The summed E-state index contributed by atoms with van der Waals surface area (Å²) >= 11 is 1.49. The Bertz CT molecular complexity index is 2550. The number of hydrazine groups is 1. The number of esters is 1. The second-order valence-corrected chi connectivity index (χ2v) is 19.4. The van der Waals surface area contributed by atoms with Crippen LogP contribution in [0.2, 0.25) is 0 Å². The lowest BCUT2D eigenvalue weighted by Gasteiger charge is -2.35. The van der Waals surface area contributed by atoms with Crippen molar-refractivity contribution in [3.63, 3.8) is 0 Å². The van der Waals surface area contributed by atoms with E-state index in [1.807, 2.05) is 13.1 Å². The van der Waals surface area contributed by atoms with Gasteiger partial charge < -0.3 is 29.0 Å². The van der Waals surface area contributed by atoms with Crippen LogP contribution in [0.15, 0.2) is 48.5 Å². The fraction of sp³-hybridized carbons (Fsp3) is 0.511. The Hall–Kier alpha value is -5.29. The van der Waals surface area contributed by atoms with Gasteiger partial charge in [-0.1, -0.05) is 13.8 Å². The minimum atomic E-state index is -0.901. The summed E-state index contributed by atoms with van der Waals surface area (Å²) in [6.07, 6.45) is 11.2. The van der Waals surface area contributed by atoms with Crippen LogP contribution in [0.5, 0.6) is 0 Å². The fourth-order valence-electron chi connectivity index (χ4n) is 9.95. The summed E-state index contributed by atoms with van der Waals surface area (Å²) in [6, 6.07) is 5.22. The number of aromatic nitrogens is 5. The highest BCUT2D eigenvalue weighted by Gasteiger charge is 2.46. The van der Waals surface area contributed by atoms with Crippen LogP contribution < -0.4 is 15.6 Å². The van der Waals surface area contributed by atoms with Gasteiger partial charge in [-0.2, -0.15) is 0 Å². The zero-order chi connectivity index (χ0) is 43.4. The Morgan fingerprint density at radius 1 is 1.06 bits per heavy atom. The number of pyridine rings is 1. The molecule has 1 aromatic carbocycles. The molecule has 0 radical (unpaired) electrons. The average Bonchev–Trinajstić information content (AvgIpc) is 3.89. The highest BCUT2D eigenvalue weighted by molar-refractivity contribution is 7.10. The van der Waals surface area contributed by atoms with E-state index >= 15 is 0 Å². The molecule has 4 aromatic heterocycles. The molecule has 3 fully saturated rings. The van der Waals surface area contributed by atoms with Gasteiger partial charge in [-0.3, -0.25) is 24.4 Å². The number of fused-ring (bicyclic) bond motifs is 6. The van der Waals surface area contributed by atoms with Crippen molar-refractivity contribution in [1.82, 2.24) is 40.3 Å². The Kier molecular flexibility index (Phi) is 11.3. The molecule has 16 heteroatoms. The molecule has 10 rings (SSSR count). The number of amides is 2. The first-order valence-corrected chi connectivity index (χ1v) is 23.2. The number of cyclic esters (lactones) is 1. The van der Waals surface area contributed by atoms with E-state index in [0.717, 1.165) is 82.3 Å². The van der Waals surface area contributed by atoms with Gasteiger partial charge in [-0.15, -0.1) is 11.3 Å². The van der Waals surface area contributed by atoms with Crippen molar-refractivity contribution in [2.75, 3.05) is 51.5 Å². The number of ether oxygens (including phenoxy) is 3. The van der Waals surface area contributed by atoms with Crippen LogP contribution in [-0.2, 0) is 54.4 Å². The molecule has 8 heterocycles. The van der Waals surface area contributed by atoms with E-state index in [1.54, 1.807) is 19.5 Å². The van der Waals surface area contributed by atoms with Gasteiger partial charge in [-0.25, -0.2) is 20.4 Å². The van der Waals surface area contributed by atoms with Crippen molar-refractivity contribution in [2.45, 2.75) is 96.4 Å². The molecule has 15 nitrogen and oxygen atoms in total. The molecule has 0 spiro atoms. The molecule has 1 aliphatic carbocycles. The zero-order valence-corrected chi connectivity index (χ0v) is 37.2. The summed E-state index contributed by atoms with van der Waals surface area (Å²) in [4.78, 5) is 63.1. The van der Waals surface area contributed by atoms with E-state index < -0.39 is 23.5 Å². The van der Waals surface area contributed by atoms with Crippen LogP contribution in [0.1, 0.15) is 85.9 Å². The molecule has 5 aromatic rings. The zero-order valence-electron chi connectivity index (χ0n) is 36.4. The lowest BCUT2D eigenvalue weighted by Crippen LogP contribution is -2.60. The standard InChI is InChI=1S/C47H55N9O6S/c1-27(60-4)41-35(17-31(23-50-41)54-11-13-61-14-12-54)43-36-20-47(2,3)25-62-46(59)37-8-6-10-56(53-37)45(58)38(52-44(57)34-18-32(34)30-21-48-26-49-22-30)19-40-51-39(24-63-40)29-15-28-7-5-9-55(43)42(28)33(36)16-29/h15-17,21-24,26-27,32,34,37-38,53H,5-14,18-20,25H2,1-4H3,(H,52,57)/t27-,32+,34-,37-,38-/m0/s1. The maximum atomic E-state index is 14.4. The molecule has 330 valence electrons. The molecular weight excluding hydrogens is 819 g/mol. The number of hydrogen-bond donors (Lipinski definition) is 2. The van der Waals surface area contributed by atoms with Crippen molar-refractivity contribution < 1.29 is 28.6 Å². The fourth-order valence-corrected chi connectivity index (χ4v) is 10.8. The van der Waals surface area contributed by atoms with Gasteiger partial charge in [0.1, 0.15) is 18.4 Å². The number of morpholine rings is 1. The molecule has 4 aliphatic heterocycles. The van der Waals surface area contributed by atoms with Gasteiger partial charge in [-0.05, 0) is 86.3 Å². The quantitative estimate of drug-likeness (QED) is 0.196. The number of thiazole rings is 1. The number of carbonyl (C=O) groups is 3. The molecule has 5 atom stereocenters. The van der Waals surface area contributed by atoms with Crippen LogP contribution in [0.4, 0.5) is 5.69 Å². The van der Waals surface area contributed by atoms with Crippen LogP contribution in [0.25, 0.3) is 33.4 Å². The van der Waals surface area contributed by atoms with E-state index in [4.69, 9.17) is 24.2 Å². The lowest BCUT2D eigenvalue weighted by atomic mass is 9.84. The number of nitrogens with zero attached hydrogens (tertiary/aromatic N) is 7. The summed E-state index contributed by atoms with van der Waals surface area (Å²) in [7, 11) is 1.73. The first kappa shape index (κ1) is 41.7. The minimum absolute atomic E-state index is 0.000316. The Morgan fingerprint density at radius 3 is 2.70 bits per heavy atom. The molecule has 0 unspecified atom stereocenters. The number of anilines is 1. The molecule has 2 saturated heterocycles. The second-order valence-electron chi connectivity index (χ2n) is 18.5. The van der Waals surface area contributed by atoms with Gasteiger partial charge in [0.25, 0.3) is 5.91 Å². The topological polar surface area (TPSA) is 166 Å². The normalized spacial score (nSPS) is 24.1. The number of methoxy groups -OCH3 is 1. The van der Waals surface area contributed by atoms with Gasteiger partial charge in [0.15, 0.2) is 0 Å². The maximum absolute atomic E-state index is 14.4. The number of hydrogen-bond acceptors (Lipinski definition) is 13. The Balaban J connectivity index is 1.08. The van der Waals surface area contributed by atoms with E-state index in [0.29, 0.717) is 45.4 Å². The molecule has 2 amide bonds. The van der Waals surface area contributed by atoms with Crippen molar-refractivity contribution >= 4 is 45.7 Å². The van der Waals surface area contributed by atoms with Gasteiger partial charge in [0, 0.05) is 85.3 Å². The maximum Gasteiger partial charge on any atom is 0.324 e. The van der Waals surface area contributed by atoms with E-state index in [-0.39, 0.29) is 42.8 Å². The first-order valence-electron chi connectivity index (χ1n) is 22.3. The largest absolute Gasteiger partial charge is 0.464 e. The minimum Gasteiger partial charge on any atom is -0.464 e. The van der Waals surface area contributed by atoms with Crippen molar-refractivity contribution in [3.8, 4) is 22.5 Å². The van der Waals surface area contributed by atoms with Crippen LogP contribution in [-0.4, -0.2) is 106 Å². The first-order chi connectivity index (χ1) is 30.5. The Morgan fingerprint density at radius 2 is 1.89 bits per heavy atom. The Labute approximate surface area is 370 Å². The van der Waals surface area contributed by atoms with Crippen LogP contribution in [0, 0.1) is 11.3 Å². The number of carbonyl (C=O) groups excluding carboxylic acids is 3. The van der Waals surface area contributed by atoms with Crippen LogP contribution >= 0.6 is 11.3 Å². The monoisotopic (exact) mass is 873 g/mol. The third-order valence-electron chi connectivity index (χ3n) is 13.4. The van der Waals surface area contributed by atoms with Gasteiger partial charge in [0.2, 0.25) is 5.91 Å². The molecular formula is C47H55N9O6S. The van der Waals surface area contributed by atoms with Crippen molar-refractivity contribution in [1.29, 1.82) is 0 Å². The summed E-state index contributed by atoms with van der Waals surface area (Å²) in [5.41, 5.74) is 13.2. The third-order valence-corrected chi connectivity index (χ3v) is 14.3. The SMILES string of the molecule is CO[C@@H](C)c1ncc(N2CCOCC2)cc1-c1c2c3cc(cc4c3n1CCC4)-c1csc(n1)C[C@H](NC(=O)[C@H]1C[C@@H]1c1cncnc1)C(=O)N1CCC[C@H](N1)C(=O)OCC(C)(C)C2. The lowest BCUT2D eigenvalue weighted by molar-refractivity contribution is -0.155. The highest BCUT2D eigenvalue weighted by Crippen LogP contribution is 2.48. The average molecular weight is 874 g/mol. The second kappa shape index (κ2) is 17.0. The predicted octanol–water partition coefficient (Wildman–Crippen LogP) is 5.56. The third kappa shape index (κ3) is 8.22. The molecule has 63 heavy (non-hydrogen) atoms. The van der Waals surface area contributed by atoms with E-state index in [1.165, 1.54) is 39.3 Å². The number of nitrogens with one attached hydrogen (secondary N) is 2. The number of aryl methyl sites for hydroxylation is 2. The molecule has 6 bridgehead atoms. The van der Waals surface area contributed by atoms with Gasteiger partial charge >= 0.3 is 5.97 Å². The summed E-state index contributed by atoms with van der Waals surface area (Å²) in [5, 5.41) is 8.54. The van der Waals surface area contributed by atoms with Crippen molar-refractivity contribution in [2.24, 2.45) is 11.3 Å². The van der Waals surface area contributed by atoms with Gasteiger partial charge in [0.05, 0.1) is 65.4 Å². The molecule has 1 saturated carbocycles. The van der Waals surface area contributed by atoms with E-state index in [2.05, 4.69) is 67.6 Å². The van der Waals surface area contributed by atoms with Crippen LogP contribution in [0.3, 0.4) is 0 Å². The molecule has 5 aliphatic rings. The van der Waals surface area contributed by atoms with Crippen molar-refractivity contribution in [3.05, 3.63) is 75.9 Å². The van der Waals surface area contributed by atoms with E-state index in [9.17, 15) is 14.4 Å². The summed E-state index contributed by atoms with van der Waals surface area (Å²) < 4.78 is 20.4. The summed E-state index contributed by atoms with van der Waals surface area (Å²) in [5.74, 6) is -1.19.